The van der Waals surface area contributed by atoms with Crippen LogP contribution < -0.4 is 0 Å². The SMILES string of the molecule is CCc1nc(CC)n(-c2nc(C(C)C)nc(Cl)c2C)n1. The van der Waals surface area contributed by atoms with Crippen molar-refractivity contribution in [3.8, 4) is 5.82 Å². The summed E-state index contributed by atoms with van der Waals surface area (Å²) in [6, 6.07) is 0. The molecular weight excluding hydrogens is 274 g/mol. The van der Waals surface area contributed by atoms with Crippen LogP contribution >= 0.6 is 11.6 Å². The lowest BCUT2D eigenvalue weighted by Crippen LogP contribution is -2.11. The van der Waals surface area contributed by atoms with E-state index in [0.717, 1.165) is 41.7 Å². The van der Waals surface area contributed by atoms with E-state index in [1.807, 2.05) is 27.7 Å². The molecule has 2 heterocycles. The smallest absolute Gasteiger partial charge is 0.163 e. The van der Waals surface area contributed by atoms with Gasteiger partial charge in [0.05, 0.1) is 0 Å². The predicted molar refractivity (Wildman–Crippen MR) is 79.5 cm³/mol. The van der Waals surface area contributed by atoms with Crippen LogP contribution in [-0.2, 0) is 12.8 Å². The van der Waals surface area contributed by atoms with Crippen molar-refractivity contribution in [1.82, 2.24) is 24.7 Å². The lowest BCUT2D eigenvalue weighted by molar-refractivity contribution is 0.716. The molecule has 0 aromatic carbocycles. The van der Waals surface area contributed by atoms with E-state index in [2.05, 4.69) is 27.0 Å². The summed E-state index contributed by atoms with van der Waals surface area (Å²) in [7, 11) is 0. The fourth-order valence-electron chi connectivity index (χ4n) is 1.90. The minimum Gasteiger partial charge on any atom is -0.220 e. The third kappa shape index (κ3) is 2.68. The lowest BCUT2D eigenvalue weighted by atomic mass is 10.2. The molecule has 5 nitrogen and oxygen atoms in total. The van der Waals surface area contributed by atoms with Crippen molar-refractivity contribution in [2.24, 2.45) is 0 Å². The maximum atomic E-state index is 6.24. The van der Waals surface area contributed by atoms with Crippen LogP contribution in [0, 0.1) is 6.92 Å². The lowest BCUT2D eigenvalue weighted by Gasteiger charge is -2.12. The summed E-state index contributed by atoms with van der Waals surface area (Å²) in [6.07, 6.45) is 1.60. The highest BCUT2D eigenvalue weighted by Gasteiger charge is 2.17. The first kappa shape index (κ1) is 14.9. The molecule has 20 heavy (non-hydrogen) atoms. The summed E-state index contributed by atoms with van der Waals surface area (Å²) in [5.74, 6) is 3.39. The van der Waals surface area contributed by atoms with E-state index < -0.39 is 0 Å². The van der Waals surface area contributed by atoms with Crippen LogP contribution in [0.3, 0.4) is 0 Å². The second kappa shape index (κ2) is 5.87. The predicted octanol–water partition coefficient (Wildman–Crippen LogP) is 3.27. The van der Waals surface area contributed by atoms with Crippen molar-refractivity contribution >= 4 is 11.6 Å². The number of nitrogens with zero attached hydrogens (tertiary/aromatic N) is 5. The third-order valence-electron chi connectivity index (χ3n) is 3.15. The minimum absolute atomic E-state index is 0.214. The fraction of sp³-hybridized carbons (Fsp3) is 0.571. The molecule has 6 heteroatoms. The second-order valence-electron chi connectivity index (χ2n) is 5.04. The Hall–Kier alpha value is -1.49. The van der Waals surface area contributed by atoms with Gasteiger partial charge >= 0.3 is 0 Å². The van der Waals surface area contributed by atoms with Crippen molar-refractivity contribution in [3.63, 3.8) is 0 Å². The summed E-state index contributed by atoms with van der Waals surface area (Å²) in [5, 5.41) is 5.01. The standard InChI is InChI=1S/C14H20ClN5/c1-6-10-16-11(7-2)20(19-10)14-9(5)12(15)17-13(18-14)8(3)4/h8H,6-7H2,1-5H3. The molecule has 0 spiro atoms. The Labute approximate surface area is 124 Å². The molecule has 0 atom stereocenters. The molecule has 0 aliphatic rings. The second-order valence-corrected chi connectivity index (χ2v) is 5.40. The first-order chi connectivity index (χ1) is 9.47. The highest BCUT2D eigenvalue weighted by molar-refractivity contribution is 6.30. The van der Waals surface area contributed by atoms with Crippen LogP contribution in [0.5, 0.6) is 0 Å². The zero-order chi connectivity index (χ0) is 14.9. The van der Waals surface area contributed by atoms with Crippen molar-refractivity contribution in [1.29, 1.82) is 0 Å². The molecule has 0 saturated heterocycles. The first-order valence-electron chi connectivity index (χ1n) is 6.97. The number of rotatable bonds is 4. The van der Waals surface area contributed by atoms with Crippen LogP contribution in [0.25, 0.3) is 5.82 Å². The largest absolute Gasteiger partial charge is 0.220 e. The summed E-state index contributed by atoms with van der Waals surface area (Å²) in [5.41, 5.74) is 0.832. The molecule has 2 rings (SSSR count). The van der Waals surface area contributed by atoms with E-state index in [0.29, 0.717) is 5.15 Å². The summed E-state index contributed by atoms with van der Waals surface area (Å²) in [6.45, 7) is 10.1. The third-order valence-corrected chi connectivity index (χ3v) is 3.51. The van der Waals surface area contributed by atoms with Crippen LogP contribution in [0.1, 0.15) is 56.6 Å². The maximum Gasteiger partial charge on any atom is 0.163 e. The summed E-state index contributed by atoms with van der Waals surface area (Å²) < 4.78 is 1.80. The van der Waals surface area contributed by atoms with E-state index in [1.54, 1.807) is 4.68 Å². The molecule has 0 saturated carbocycles. The normalized spacial score (nSPS) is 11.3. The molecule has 2 aromatic heterocycles. The Morgan fingerprint density at radius 1 is 1.10 bits per heavy atom. The highest BCUT2D eigenvalue weighted by Crippen LogP contribution is 2.22. The number of aromatic nitrogens is 5. The molecular formula is C14H20ClN5. The fourth-order valence-corrected chi connectivity index (χ4v) is 2.07. The van der Waals surface area contributed by atoms with Gasteiger partial charge in [0.1, 0.15) is 16.8 Å². The zero-order valence-electron chi connectivity index (χ0n) is 12.6. The summed E-state index contributed by atoms with van der Waals surface area (Å²) in [4.78, 5) is 13.5. The van der Waals surface area contributed by atoms with Gasteiger partial charge in [0.25, 0.3) is 0 Å². The van der Waals surface area contributed by atoms with Gasteiger partial charge in [-0.1, -0.05) is 39.3 Å². The highest BCUT2D eigenvalue weighted by atomic mass is 35.5. The quantitative estimate of drug-likeness (QED) is 0.812. The Morgan fingerprint density at radius 3 is 2.35 bits per heavy atom. The number of hydrogen-bond acceptors (Lipinski definition) is 4. The average Bonchev–Trinajstić information content (AvgIpc) is 2.84. The number of halogens is 1. The molecule has 0 aliphatic heterocycles. The number of hydrogen-bond donors (Lipinski definition) is 0. The van der Waals surface area contributed by atoms with Crippen LogP contribution in [0.2, 0.25) is 5.15 Å². The monoisotopic (exact) mass is 293 g/mol. The Kier molecular flexibility index (Phi) is 4.38. The van der Waals surface area contributed by atoms with Gasteiger partial charge in [0.2, 0.25) is 0 Å². The molecule has 0 aliphatic carbocycles. The minimum atomic E-state index is 0.214. The molecule has 0 unspecified atom stereocenters. The zero-order valence-corrected chi connectivity index (χ0v) is 13.4. The van der Waals surface area contributed by atoms with E-state index in [1.165, 1.54) is 0 Å². The van der Waals surface area contributed by atoms with Gasteiger partial charge in [-0.2, -0.15) is 4.68 Å². The molecule has 0 amide bonds. The molecule has 0 fully saturated rings. The Morgan fingerprint density at radius 2 is 1.80 bits per heavy atom. The molecule has 0 N–H and O–H groups in total. The molecule has 108 valence electrons. The molecule has 0 radical (unpaired) electrons. The average molecular weight is 294 g/mol. The van der Waals surface area contributed by atoms with E-state index in [4.69, 9.17) is 11.6 Å². The van der Waals surface area contributed by atoms with Gasteiger partial charge < -0.3 is 0 Å². The molecule has 0 bridgehead atoms. The summed E-state index contributed by atoms with van der Waals surface area (Å²) >= 11 is 6.24. The van der Waals surface area contributed by atoms with Gasteiger partial charge in [-0.3, -0.25) is 0 Å². The van der Waals surface area contributed by atoms with Gasteiger partial charge in [0.15, 0.2) is 11.6 Å². The van der Waals surface area contributed by atoms with Gasteiger partial charge in [0, 0.05) is 24.3 Å². The maximum absolute atomic E-state index is 6.24. The van der Waals surface area contributed by atoms with Gasteiger partial charge in [-0.05, 0) is 6.92 Å². The number of aryl methyl sites for hydroxylation is 2. The van der Waals surface area contributed by atoms with E-state index in [-0.39, 0.29) is 5.92 Å². The van der Waals surface area contributed by atoms with Crippen molar-refractivity contribution in [2.75, 3.05) is 0 Å². The van der Waals surface area contributed by atoms with Crippen LogP contribution in [-0.4, -0.2) is 24.7 Å². The van der Waals surface area contributed by atoms with Crippen LogP contribution in [0.15, 0.2) is 0 Å². The van der Waals surface area contributed by atoms with Crippen molar-refractivity contribution in [3.05, 3.63) is 28.2 Å². The van der Waals surface area contributed by atoms with Crippen LogP contribution in [0.4, 0.5) is 0 Å². The van der Waals surface area contributed by atoms with E-state index >= 15 is 0 Å². The first-order valence-corrected chi connectivity index (χ1v) is 7.34. The Bertz CT molecular complexity index is 618. The topological polar surface area (TPSA) is 56.5 Å². The van der Waals surface area contributed by atoms with Gasteiger partial charge in [-0.15, -0.1) is 5.10 Å². The van der Waals surface area contributed by atoms with E-state index in [9.17, 15) is 0 Å². The van der Waals surface area contributed by atoms with Crippen molar-refractivity contribution < 1.29 is 0 Å². The molecule has 2 aromatic rings. The van der Waals surface area contributed by atoms with Gasteiger partial charge in [-0.25, -0.2) is 15.0 Å². The Balaban J connectivity index is 2.65. The van der Waals surface area contributed by atoms with Crippen molar-refractivity contribution in [2.45, 2.75) is 53.4 Å².